The highest BCUT2D eigenvalue weighted by Crippen LogP contribution is 2.10. The molecule has 0 amide bonds. The number of thiophene rings is 1. The topological polar surface area (TPSA) is 29.3 Å². The SMILES string of the molecule is CN(CCc1cccs1)CC(C)(C)N. The molecule has 0 aliphatic heterocycles. The molecule has 0 bridgehead atoms. The molecule has 0 radical (unpaired) electrons. The van der Waals surface area contributed by atoms with Gasteiger partial charge < -0.3 is 10.6 Å². The van der Waals surface area contributed by atoms with Gasteiger partial charge in [-0.15, -0.1) is 11.3 Å². The van der Waals surface area contributed by atoms with Crippen LogP contribution in [0.25, 0.3) is 0 Å². The molecule has 1 heterocycles. The van der Waals surface area contributed by atoms with Crippen LogP contribution in [0.3, 0.4) is 0 Å². The van der Waals surface area contributed by atoms with E-state index in [0.717, 1.165) is 19.5 Å². The Kier molecular flexibility index (Phi) is 4.11. The Balaban J connectivity index is 2.25. The first kappa shape index (κ1) is 11.7. The number of likely N-dealkylation sites (N-methyl/N-ethyl adjacent to an activating group) is 1. The molecule has 1 aromatic heterocycles. The summed E-state index contributed by atoms with van der Waals surface area (Å²) in [5.41, 5.74) is 5.85. The van der Waals surface area contributed by atoms with Crippen molar-refractivity contribution in [1.82, 2.24) is 4.90 Å². The van der Waals surface area contributed by atoms with E-state index >= 15 is 0 Å². The molecule has 80 valence electrons. The van der Waals surface area contributed by atoms with Crippen LogP contribution in [0, 0.1) is 0 Å². The Labute approximate surface area is 90.7 Å². The fourth-order valence-electron chi connectivity index (χ4n) is 1.53. The van der Waals surface area contributed by atoms with Crippen LogP contribution in [0.2, 0.25) is 0 Å². The van der Waals surface area contributed by atoms with Crippen LogP contribution in [-0.2, 0) is 6.42 Å². The molecule has 0 atom stereocenters. The van der Waals surface area contributed by atoms with E-state index in [2.05, 4.69) is 43.3 Å². The number of nitrogens with two attached hydrogens (primary N) is 1. The van der Waals surface area contributed by atoms with Gasteiger partial charge in [-0.1, -0.05) is 6.07 Å². The second-order valence-electron chi connectivity index (χ2n) is 4.56. The first-order chi connectivity index (χ1) is 6.47. The van der Waals surface area contributed by atoms with Crippen LogP contribution in [0.5, 0.6) is 0 Å². The zero-order valence-electron chi connectivity index (χ0n) is 9.29. The monoisotopic (exact) mass is 212 g/mol. The van der Waals surface area contributed by atoms with Gasteiger partial charge in [0.25, 0.3) is 0 Å². The molecule has 0 spiro atoms. The molecular formula is C11H20N2S. The zero-order chi connectivity index (χ0) is 10.6. The molecular weight excluding hydrogens is 192 g/mol. The lowest BCUT2D eigenvalue weighted by Crippen LogP contribution is -2.44. The highest BCUT2D eigenvalue weighted by molar-refractivity contribution is 7.09. The van der Waals surface area contributed by atoms with Crippen molar-refractivity contribution in [3.8, 4) is 0 Å². The van der Waals surface area contributed by atoms with Crippen molar-refractivity contribution in [3.63, 3.8) is 0 Å². The quantitative estimate of drug-likeness (QED) is 0.808. The first-order valence-corrected chi connectivity index (χ1v) is 5.85. The summed E-state index contributed by atoms with van der Waals surface area (Å²) in [7, 11) is 2.13. The van der Waals surface area contributed by atoms with Gasteiger partial charge >= 0.3 is 0 Å². The summed E-state index contributed by atoms with van der Waals surface area (Å²) in [6, 6.07) is 4.29. The summed E-state index contributed by atoms with van der Waals surface area (Å²) >= 11 is 1.82. The summed E-state index contributed by atoms with van der Waals surface area (Å²) in [4.78, 5) is 3.74. The van der Waals surface area contributed by atoms with Crippen LogP contribution in [-0.4, -0.2) is 30.6 Å². The lowest BCUT2D eigenvalue weighted by molar-refractivity contribution is 0.273. The molecule has 0 aliphatic carbocycles. The molecule has 2 nitrogen and oxygen atoms in total. The minimum Gasteiger partial charge on any atom is -0.324 e. The van der Waals surface area contributed by atoms with E-state index in [1.165, 1.54) is 4.88 Å². The smallest absolute Gasteiger partial charge is 0.0225 e. The van der Waals surface area contributed by atoms with Gasteiger partial charge in [0.05, 0.1) is 0 Å². The largest absolute Gasteiger partial charge is 0.324 e. The third-order valence-electron chi connectivity index (χ3n) is 2.00. The average Bonchev–Trinajstić information content (AvgIpc) is 2.49. The minimum absolute atomic E-state index is 0.0931. The predicted molar refractivity (Wildman–Crippen MR) is 63.8 cm³/mol. The molecule has 0 fully saturated rings. The summed E-state index contributed by atoms with van der Waals surface area (Å²) in [5.74, 6) is 0. The first-order valence-electron chi connectivity index (χ1n) is 4.97. The Morgan fingerprint density at radius 2 is 2.21 bits per heavy atom. The predicted octanol–water partition coefficient (Wildman–Crippen LogP) is 1.96. The summed E-state index contributed by atoms with van der Waals surface area (Å²) in [5, 5.41) is 2.13. The molecule has 1 aromatic rings. The van der Waals surface area contributed by atoms with Gasteiger partial charge in [0.1, 0.15) is 0 Å². The van der Waals surface area contributed by atoms with Crippen LogP contribution >= 0.6 is 11.3 Å². The summed E-state index contributed by atoms with van der Waals surface area (Å²) in [6.45, 7) is 6.16. The fourth-order valence-corrected chi connectivity index (χ4v) is 2.23. The van der Waals surface area contributed by atoms with Gasteiger partial charge in [-0.25, -0.2) is 0 Å². The van der Waals surface area contributed by atoms with Crippen molar-refractivity contribution in [2.24, 2.45) is 5.73 Å². The highest BCUT2D eigenvalue weighted by Gasteiger charge is 2.13. The Morgan fingerprint density at radius 3 is 2.71 bits per heavy atom. The van der Waals surface area contributed by atoms with E-state index in [4.69, 9.17) is 5.73 Å². The van der Waals surface area contributed by atoms with E-state index in [1.807, 2.05) is 11.3 Å². The average molecular weight is 212 g/mol. The molecule has 0 aliphatic rings. The Hall–Kier alpha value is -0.380. The van der Waals surface area contributed by atoms with Gasteiger partial charge in [-0.3, -0.25) is 0 Å². The second-order valence-corrected chi connectivity index (χ2v) is 5.59. The zero-order valence-corrected chi connectivity index (χ0v) is 10.1. The van der Waals surface area contributed by atoms with Crippen molar-refractivity contribution in [2.75, 3.05) is 20.1 Å². The van der Waals surface area contributed by atoms with Crippen molar-refractivity contribution in [2.45, 2.75) is 25.8 Å². The van der Waals surface area contributed by atoms with Crippen LogP contribution in [0.4, 0.5) is 0 Å². The lowest BCUT2D eigenvalue weighted by atomic mass is 10.1. The van der Waals surface area contributed by atoms with Gasteiger partial charge in [0.2, 0.25) is 0 Å². The van der Waals surface area contributed by atoms with Gasteiger partial charge in [-0.2, -0.15) is 0 Å². The third-order valence-corrected chi connectivity index (χ3v) is 2.93. The molecule has 1 rings (SSSR count). The molecule has 2 N–H and O–H groups in total. The fraction of sp³-hybridized carbons (Fsp3) is 0.636. The van der Waals surface area contributed by atoms with Crippen LogP contribution in [0.15, 0.2) is 17.5 Å². The van der Waals surface area contributed by atoms with E-state index < -0.39 is 0 Å². The minimum atomic E-state index is -0.0931. The van der Waals surface area contributed by atoms with E-state index in [0.29, 0.717) is 0 Å². The van der Waals surface area contributed by atoms with Crippen molar-refractivity contribution < 1.29 is 0 Å². The molecule has 3 heteroatoms. The maximum Gasteiger partial charge on any atom is 0.0225 e. The molecule has 14 heavy (non-hydrogen) atoms. The van der Waals surface area contributed by atoms with Crippen LogP contribution in [0.1, 0.15) is 18.7 Å². The Bertz CT molecular complexity index is 249. The van der Waals surface area contributed by atoms with Crippen molar-refractivity contribution in [1.29, 1.82) is 0 Å². The maximum atomic E-state index is 5.95. The standard InChI is InChI=1S/C11H20N2S/c1-11(2,12)9-13(3)7-6-10-5-4-8-14-10/h4-5,8H,6-7,9,12H2,1-3H3. The van der Waals surface area contributed by atoms with Gasteiger partial charge in [-0.05, 0) is 38.8 Å². The highest BCUT2D eigenvalue weighted by atomic mass is 32.1. The second kappa shape index (κ2) is 4.91. The van der Waals surface area contributed by atoms with Crippen molar-refractivity contribution >= 4 is 11.3 Å². The van der Waals surface area contributed by atoms with Crippen molar-refractivity contribution in [3.05, 3.63) is 22.4 Å². The molecule has 0 saturated heterocycles. The third kappa shape index (κ3) is 4.74. The van der Waals surface area contributed by atoms with Gasteiger partial charge in [0.15, 0.2) is 0 Å². The maximum absolute atomic E-state index is 5.95. The van der Waals surface area contributed by atoms with Crippen LogP contribution < -0.4 is 5.73 Å². The van der Waals surface area contributed by atoms with E-state index in [-0.39, 0.29) is 5.54 Å². The Morgan fingerprint density at radius 1 is 1.50 bits per heavy atom. The summed E-state index contributed by atoms with van der Waals surface area (Å²) in [6.07, 6.45) is 1.13. The number of rotatable bonds is 5. The summed E-state index contributed by atoms with van der Waals surface area (Å²) < 4.78 is 0. The number of nitrogens with zero attached hydrogens (tertiary/aromatic N) is 1. The molecule has 0 unspecified atom stereocenters. The van der Waals surface area contributed by atoms with E-state index in [9.17, 15) is 0 Å². The molecule has 0 saturated carbocycles. The number of hydrogen-bond acceptors (Lipinski definition) is 3. The van der Waals surface area contributed by atoms with E-state index in [1.54, 1.807) is 0 Å². The molecule has 0 aromatic carbocycles. The number of hydrogen-bond donors (Lipinski definition) is 1. The normalized spacial score (nSPS) is 12.4. The lowest BCUT2D eigenvalue weighted by Gasteiger charge is -2.26. The van der Waals surface area contributed by atoms with Gasteiger partial charge in [0, 0.05) is 23.5 Å².